The number of hydrogen-bond acceptors (Lipinski definition) is 4. The van der Waals surface area contributed by atoms with Crippen molar-refractivity contribution in [3.05, 3.63) is 83.9 Å². The van der Waals surface area contributed by atoms with Gasteiger partial charge in [-0.1, -0.05) is 42.5 Å². The Morgan fingerprint density at radius 3 is 2.47 bits per heavy atom. The average Bonchev–Trinajstić information content (AvgIpc) is 3.16. The molecule has 4 rings (SSSR count). The smallest absolute Gasteiger partial charge is 0.411 e. The first-order valence-corrected chi connectivity index (χ1v) is 10.3. The summed E-state index contributed by atoms with van der Waals surface area (Å²) >= 11 is 0. The fourth-order valence-electron chi connectivity index (χ4n) is 3.79. The minimum absolute atomic E-state index is 0.205. The zero-order chi connectivity index (χ0) is 22.5. The van der Waals surface area contributed by atoms with E-state index >= 15 is 0 Å². The molecule has 160 valence electrons. The van der Waals surface area contributed by atoms with Crippen LogP contribution in [-0.2, 0) is 17.9 Å². The van der Waals surface area contributed by atoms with Gasteiger partial charge in [0, 0.05) is 23.7 Å². The van der Waals surface area contributed by atoms with Crippen LogP contribution in [0.15, 0.2) is 72.8 Å². The molecule has 0 radical (unpaired) electrons. The van der Waals surface area contributed by atoms with Crippen LogP contribution in [0, 0.1) is 11.3 Å². The number of aromatic nitrogens is 1. The van der Waals surface area contributed by atoms with Crippen molar-refractivity contribution in [2.75, 3.05) is 12.4 Å². The van der Waals surface area contributed by atoms with Crippen molar-refractivity contribution in [2.24, 2.45) is 0 Å². The molecule has 3 aromatic carbocycles. The van der Waals surface area contributed by atoms with E-state index in [2.05, 4.69) is 16.0 Å². The third-order valence-corrected chi connectivity index (χ3v) is 5.32. The second-order valence-corrected chi connectivity index (χ2v) is 7.23. The third-order valence-electron chi connectivity index (χ3n) is 5.32. The highest BCUT2D eigenvalue weighted by Crippen LogP contribution is 2.35. The minimum atomic E-state index is -0.519. The Kier molecular flexibility index (Phi) is 6.09. The number of amides is 1. The molecule has 0 bridgehead atoms. The summed E-state index contributed by atoms with van der Waals surface area (Å²) in [4.78, 5) is 12.1. The van der Waals surface area contributed by atoms with E-state index in [1.165, 1.54) is 0 Å². The van der Waals surface area contributed by atoms with Gasteiger partial charge in [-0.2, -0.15) is 5.26 Å². The summed E-state index contributed by atoms with van der Waals surface area (Å²) in [6.07, 6.45) is -0.519. The van der Waals surface area contributed by atoms with Crippen LogP contribution in [0.25, 0.3) is 22.2 Å². The number of ether oxygens (including phenoxy) is 2. The van der Waals surface area contributed by atoms with Crippen LogP contribution in [0.3, 0.4) is 0 Å². The van der Waals surface area contributed by atoms with Gasteiger partial charge in [0.15, 0.2) is 0 Å². The molecule has 1 aromatic heterocycles. The fourth-order valence-corrected chi connectivity index (χ4v) is 3.79. The standard InChI is InChI=1S/C26H23N3O3/c1-3-29-24-15-21(31-2)13-14-22(24)23(16-27)25(29)19-9-11-20(12-10-19)28-26(30)32-17-18-7-5-4-6-8-18/h4-15H,3,17H2,1-2H3,(H,28,30). The van der Waals surface area contributed by atoms with Crippen molar-refractivity contribution < 1.29 is 14.3 Å². The minimum Gasteiger partial charge on any atom is -0.497 e. The molecule has 0 saturated heterocycles. The van der Waals surface area contributed by atoms with Crippen LogP contribution in [0.5, 0.6) is 5.75 Å². The molecule has 1 N–H and O–H groups in total. The van der Waals surface area contributed by atoms with Crippen molar-refractivity contribution in [2.45, 2.75) is 20.1 Å². The van der Waals surface area contributed by atoms with Gasteiger partial charge in [-0.25, -0.2) is 4.79 Å². The Bertz CT molecular complexity index is 1290. The number of anilines is 1. The number of nitriles is 1. The van der Waals surface area contributed by atoms with Gasteiger partial charge in [-0.05, 0) is 42.3 Å². The van der Waals surface area contributed by atoms with Crippen LogP contribution in [-0.4, -0.2) is 17.8 Å². The predicted molar refractivity (Wildman–Crippen MR) is 125 cm³/mol. The second kappa shape index (κ2) is 9.27. The lowest BCUT2D eigenvalue weighted by Crippen LogP contribution is -2.13. The van der Waals surface area contributed by atoms with E-state index < -0.39 is 6.09 Å². The first kappa shape index (κ1) is 21.0. The highest BCUT2D eigenvalue weighted by Gasteiger charge is 2.18. The lowest BCUT2D eigenvalue weighted by molar-refractivity contribution is 0.155. The number of carbonyl (C=O) groups is 1. The maximum absolute atomic E-state index is 12.1. The number of benzene rings is 3. The van der Waals surface area contributed by atoms with Crippen LogP contribution >= 0.6 is 0 Å². The van der Waals surface area contributed by atoms with Crippen molar-refractivity contribution in [1.29, 1.82) is 5.26 Å². The molecule has 0 spiro atoms. The Hall–Kier alpha value is -4.24. The zero-order valence-electron chi connectivity index (χ0n) is 18.0. The molecule has 0 aliphatic heterocycles. The van der Waals surface area contributed by atoms with Gasteiger partial charge in [0.25, 0.3) is 0 Å². The zero-order valence-corrected chi connectivity index (χ0v) is 18.0. The monoisotopic (exact) mass is 425 g/mol. The molecule has 1 amide bonds. The number of carbonyl (C=O) groups excluding carboxylic acids is 1. The molecule has 0 saturated carbocycles. The average molecular weight is 425 g/mol. The van der Waals surface area contributed by atoms with Gasteiger partial charge in [0.05, 0.1) is 23.9 Å². The number of nitrogens with zero attached hydrogens (tertiary/aromatic N) is 2. The van der Waals surface area contributed by atoms with Gasteiger partial charge >= 0.3 is 6.09 Å². The molecule has 1 heterocycles. The van der Waals surface area contributed by atoms with E-state index in [1.807, 2.05) is 67.6 Å². The number of nitrogens with one attached hydrogen (secondary N) is 1. The summed E-state index contributed by atoms with van der Waals surface area (Å²) in [5, 5.41) is 13.5. The van der Waals surface area contributed by atoms with Crippen molar-refractivity contribution in [3.8, 4) is 23.1 Å². The highest BCUT2D eigenvalue weighted by molar-refractivity contribution is 5.95. The molecule has 6 nitrogen and oxygen atoms in total. The highest BCUT2D eigenvalue weighted by atomic mass is 16.5. The molecule has 0 unspecified atom stereocenters. The van der Waals surface area contributed by atoms with Crippen LogP contribution in [0.1, 0.15) is 18.1 Å². The first-order chi connectivity index (χ1) is 15.6. The quantitative estimate of drug-likeness (QED) is 0.414. The molecule has 6 heteroatoms. The molecular formula is C26H23N3O3. The maximum atomic E-state index is 12.1. The number of methoxy groups -OCH3 is 1. The molecule has 0 aliphatic rings. The van der Waals surface area contributed by atoms with E-state index in [-0.39, 0.29) is 6.61 Å². The molecule has 4 aromatic rings. The SMILES string of the molecule is CCn1c(-c2ccc(NC(=O)OCc3ccccc3)cc2)c(C#N)c2ccc(OC)cc21. The Morgan fingerprint density at radius 2 is 1.81 bits per heavy atom. The molecular weight excluding hydrogens is 402 g/mol. The lowest BCUT2D eigenvalue weighted by atomic mass is 10.1. The number of aryl methyl sites for hydroxylation is 1. The largest absolute Gasteiger partial charge is 0.497 e. The van der Waals surface area contributed by atoms with E-state index in [4.69, 9.17) is 9.47 Å². The number of fused-ring (bicyclic) bond motifs is 1. The Balaban J connectivity index is 1.57. The van der Waals surface area contributed by atoms with Crippen molar-refractivity contribution in [1.82, 2.24) is 4.57 Å². The van der Waals surface area contributed by atoms with Gasteiger partial charge in [-0.15, -0.1) is 0 Å². The summed E-state index contributed by atoms with van der Waals surface area (Å²) in [5.41, 5.74) is 4.84. The molecule has 0 atom stereocenters. The summed E-state index contributed by atoms with van der Waals surface area (Å²) in [5.74, 6) is 0.745. The second-order valence-electron chi connectivity index (χ2n) is 7.23. The summed E-state index contributed by atoms with van der Waals surface area (Å²) in [6, 6.07) is 25.0. The van der Waals surface area contributed by atoms with Crippen LogP contribution < -0.4 is 10.1 Å². The van der Waals surface area contributed by atoms with Gasteiger partial charge in [-0.3, -0.25) is 5.32 Å². The van der Waals surface area contributed by atoms with Gasteiger partial charge in [0.2, 0.25) is 0 Å². The Morgan fingerprint density at radius 1 is 1.06 bits per heavy atom. The normalized spacial score (nSPS) is 10.5. The predicted octanol–water partition coefficient (Wildman–Crippen LogP) is 5.96. The summed E-state index contributed by atoms with van der Waals surface area (Å²) in [7, 11) is 1.63. The van der Waals surface area contributed by atoms with Crippen LogP contribution in [0.2, 0.25) is 0 Å². The van der Waals surface area contributed by atoms with Crippen molar-refractivity contribution in [3.63, 3.8) is 0 Å². The fraction of sp³-hybridized carbons (Fsp3) is 0.154. The number of rotatable bonds is 6. The third kappa shape index (κ3) is 4.14. The Labute approximate surface area is 186 Å². The molecule has 32 heavy (non-hydrogen) atoms. The van der Waals surface area contributed by atoms with Crippen molar-refractivity contribution >= 4 is 22.7 Å². The van der Waals surface area contributed by atoms with Crippen LogP contribution in [0.4, 0.5) is 10.5 Å². The molecule has 0 fully saturated rings. The maximum Gasteiger partial charge on any atom is 0.411 e. The first-order valence-electron chi connectivity index (χ1n) is 10.3. The topological polar surface area (TPSA) is 76.3 Å². The summed E-state index contributed by atoms with van der Waals surface area (Å²) in [6.45, 7) is 2.95. The molecule has 0 aliphatic carbocycles. The van der Waals surface area contributed by atoms with E-state index in [0.717, 1.165) is 33.5 Å². The van der Waals surface area contributed by atoms with E-state index in [1.54, 1.807) is 19.2 Å². The lowest BCUT2D eigenvalue weighted by Gasteiger charge is -2.11. The number of hydrogen-bond donors (Lipinski definition) is 1. The van der Waals surface area contributed by atoms with Gasteiger partial charge in [0.1, 0.15) is 18.4 Å². The van der Waals surface area contributed by atoms with Gasteiger partial charge < -0.3 is 14.0 Å². The van der Waals surface area contributed by atoms with E-state index in [0.29, 0.717) is 17.8 Å². The summed E-state index contributed by atoms with van der Waals surface area (Å²) < 4.78 is 12.7. The van der Waals surface area contributed by atoms with E-state index in [9.17, 15) is 10.1 Å².